The predicted octanol–water partition coefficient (Wildman–Crippen LogP) is 5.52. The number of esters is 2. The molecule has 0 saturated heterocycles. The summed E-state index contributed by atoms with van der Waals surface area (Å²) in [5, 5.41) is 1.77. The van der Waals surface area contributed by atoms with E-state index in [4.69, 9.17) is 9.47 Å². The molecule has 0 fully saturated rings. The highest BCUT2D eigenvalue weighted by Crippen LogP contribution is 2.28. The largest absolute Gasteiger partial charge is 0.462 e. The van der Waals surface area contributed by atoms with Crippen molar-refractivity contribution in [1.82, 2.24) is 14.8 Å². The molecule has 0 atom stereocenters. The number of fused-ring (bicyclic) bond motifs is 3. The Morgan fingerprint density at radius 3 is 1.44 bits per heavy atom. The molecule has 1 heterocycles. The number of ether oxygens (including phenoxy) is 2. The van der Waals surface area contributed by atoms with Crippen LogP contribution in [0.25, 0.3) is 21.8 Å². The zero-order chi connectivity index (χ0) is 25.2. The van der Waals surface area contributed by atoms with Gasteiger partial charge in [0.25, 0.3) is 0 Å². The number of hydrogen-bond acceptors (Lipinski definition) is 6. The number of benzene rings is 2. The van der Waals surface area contributed by atoms with Crippen molar-refractivity contribution in [1.29, 1.82) is 0 Å². The minimum absolute atomic E-state index is 0. The number of aromatic nitrogens is 1. The van der Waals surface area contributed by atoms with Crippen LogP contribution in [-0.2, 0) is 9.47 Å². The van der Waals surface area contributed by atoms with Crippen molar-refractivity contribution in [2.75, 3.05) is 52.5 Å². The fourth-order valence-corrected chi connectivity index (χ4v) is 4.30. The van der Waals surface area contributed by atoms with Gasteiger partial charge in [0.1, 0.15) is 0 Å². The molecule has 0 spiro atoms. The van der Waals surface area contributed by atoms with Gasteiger partial charge in [-0.1, -0.05) is 27.7 Å². The second-order valence-electron chi connectivity index (χ2n) is 8.68. The molecule has 2 aromatic carbocycles. The maximum atomic E-state index is 12.6. The zero-order valence-corrected chi connectivity index (χ0v) is 22.8. The molecule has 0 aliphatic carbocycles. The Labute approximate surface area is 220 Å². The summed E-state index contributed by atoms with van der Waals surface area (Å²) in [6.45, 7) is 15.1. The standard InChI is InChI=1S/C28H39N3O4.ClH/c1-5-30(6-2)15-9-17-34-27(32)21-11-13-25-23(19-21)24-20-22(12-14-26(24)29-25)28(33)35-18-10-16-31(7-3)8-4;/h11-14,19-20,29H,5-10,15-18H2,1-4H3;1H. The van der Waals surface area contributed by atoms with Gasteiger partial charge in [-0.3, -0.25) is 0 Å². The Hall–Kier alpha value is -2.61. The third-order valence-corrected chi connectivity index (χ3v) is 6.56. The van der Waals surface area contributed by atoms with Crippen molar-refractivity contribution >= 4 is 46.2 Å². The first-order valence-corrected chi connectivity index (χ1v) is 12.8. The Morgan fingerprint density at radius 2 is 1.08 bits per heavy atom. The van der Waals surface area contributed by atoms with Gasteiger partial charge in [-0.25, -0.2) is 9.59 Å². The molecule has 3 rings (SSSR count). The molecule has 0 aliphatic rings. The summed E-state index contributed by atoms with van der Waals surface area (Å²) in [5.41, 5.74) is 2.82. The minimum atomic E-state index is -0.329. The molecule has 7 nitrogen and oxygen atoms in total. The van der Waals surface area contributed by atoms with Gasteiger partial charge in [-0.05, 0) is 75.4 Å². The number of aromatic amines is 1. The average Bonchev–Trinajstić information content (AvgIpc) is 3.25. The fourth-order valence-electron chi connectivity index (χ4n) is 4.30. The summed E-state index contributed by atoms with van der Waals surface area (Å²) < 4.78 is 11.0. The van der Waals surface area contributed by atoms with Crippen LogP contribution in [-0.4, -0.2) is 79.2 Å². The molecular weight excluding hydrogens is 478 g/mol. The van der Waals surface area contributed by atoms with Crippen LogP contribution in [0.1, 0.15) is 61.3 Å². The summed E-state index contributed by atoms with van der Waals surface area (Å²) in [6.07, 6.45) is 1.62. The molecule has 0 amide bonds. The van der Waals surface area contributed by atoms with Crippen LogP contribution in [0.5, 0.6) is 0 Å². The third kappa shape index (κ3) is 7.69. The van der Waals surface area contributed by atoms with E-state index in [1.54, 1.807) is 12.1 Å². The fraction of sp³-hybridized carbons (Fsp3) is 0.500. The summed E-state index contributed by atoms with van der Waals surface area (Å²) in [7, 11) is 0. The van der Waals surface area contributed by atoms with E-state index < -0.39 is 0 Å². The smallest absolute Gasteiger partial charge is 0.338 e. The van der Waals surface area contributed by atoms with Gasteiger partial charge in [-0.2, -0.15) is 0 Å². The summed E-state index contributed by atoms with van der Waals surface area (Å²) in [6, 6.07) is 11.0. The number of hydrogen-bond donors (Lipinski definition) is 1. The van der Waals surface area contributed by atoms with Crippen molar-refractivity contribution in [2.45, 2.75) is 40.5 Å². The maximum absolute atomic E-state index is 12.6. The van der Waals surface area contributed by atoms with E-state index in [9.17, 15) is 9.59 Å². The Kier molecular flexibility index (Phi) is 12.2. The van der Waals surface area contributed by atoms with Gasteiger partial charge in [0.05, 0.1) is 24.3 Å². The molecule has 198 valence electrons. The molecule has 1 aromatic heterocycles. The molecular formula is C28H40ClN3O4. The maximum Gasteiger partial charge on any atom is 0.338 e. The number of nitrogens with zero attached hydrogens (tertiary/aromatic N) is 2. The van der Waals surface area contributed by atoms with Crippen LogP contribution in [0.3, 0.4) is 0 Å². The number of H-pyrrole nitrogens is 1. The van der Waals surface area contributed by atoms with E-state index >= 15 is 0 Å². The lowest BCUT2D eigenvalue weighted by atomic mass is 10.1. The van der Waals surface area contributed by atoms with Crippen LogP contribution in [0.2, 0.25) is 0 Å². The van der Waals surface area contributed by atoms with E-state index in [1.165, 1.54) is 0 Å². The third-order valence-electron chi connectivity index (χ3n) is 6.56. The summed E-state index contributed by atoms with van der Waals surface area (Å²) >= 11 is 0. The Balaban J connectivity index is 0.00000456. The van der Waals surface area contributed by atoms with Crippen LogP contribution in [0, 0.1) is 0 Å². The van der Waals surface area contributed by atoms with Gasteiger partial charge >= 0.3 is 11.9 Å². The van der Waals surface area contributed by atoms with Gasteiger partial charge in [-0.15, -0.1) is 12.4 Å². The molecule has 0 radical (unpaired) electrons. The molecule has 0 bridgehead atoms. The number of rotatable bonds is 14. The van der Waals surface area contributed by atoms with Crippen LogP contribution in [0.4, 0.5) is 0 Å². The second kappa shape index (κ2) is 14.8. The molecule has 0 aliphatic heterocycles. The van der Waals surface area contributed by atoms with E-state index in [2.05, 4.69) is 42.5 Å². The first-order chi connectivity index (χ1) is 17.0. The first-order valence-electron chi connectivity index (χ1n) is 12.8. The molecule has 0 unspecified atom stereocenters. The van der Waals surface area contributed by atoms with Gasteiger partial charge in [0.15, 0.2) is 0 Å². The molecule has 1 N–H and O–H groups in total. The van der Waals surface area contributed by atoms with E-state index in [1.807, 2.05) is 24.3 Å². The van der Waals surface area contributed by atoms with Gasteiger partial charge in [0.2, 0.25) is 0 Å². The van der Waals surface area contributed by atoms with Gasteiger partial charge < -0.3 is 24.3 Å². The quantitative estimate of drug-likeness (QED) is 0.224. The van der Waals surface area contributed by atoms with E-state index in [0.29, 0.717) is 24.3 Å². The number of nitrogens with one attached hydrogen (secondary N) is 1. The highest BCUT2D eigenvalue weighted by atomic mass is 35.5. The van der Waals surface area contributed by atoms with Crippen molar-refractivity contribution in [3.8, 4) is 0 Å². The van der Waals surface area contributed by atoms with Crippen molar-refractivity contribution in [3.05, 3.63) is 47.5 Å². The predicted molar refractivity (Wildman–Crippen MR) is 148 cm³/mol. The number of halogens is 1. The SMILES string of the molecule is CCN(CC)CCCOC(=O)c1ccc2[nH]c3ccc(C(=O)OCCCN(CC)CC)cc3c2c1.Cl. The van der Waals surface area contributed by atoms with Crippen molar-refractivity contribution in [2.24, 2.45) is 0 Å². The van der Waals surface area contributed by atoms with Crippen molar-refractivity contribution < 1.29 is 19.1 Å². The molecule has 8 heteroatoms. The van der Waals surface area contributed by atoms with Crippen LogP contribution < -0.4 is 0 Å². The molecule has 3 aromatic rings. The normalized spacial score (nSPS) is 11.3. The minimum Gasteiger partial charge on any atom is -0.462 e. The summed E-state index contributed by atoms with van der Waals surface area (Å²) in [5.74, 6) is -0.658. The lowest BCUT2D eigenvalue weighted by Gasteiger charge is -2.17. The Morgan fingerprint density at radius 1 is 0.694 bits per heavy atom. The van der Waals surface area contributed by atoms with Crippen LogP contribution in [0.15, 0.2) is 36.4 Å². The van der Waals surface area contributed by atoms with Crippen molar-refractivity contribution in [3.63, 3.8) is 0 Å². The van der Waals surface area contributed by atoms with E-state index in [0.717, 1.165) is 73.9 Å². The Bertz CT molecular complexity index is 1040. The lowest BCUT2D eigenvalue weighted by molar-refractivity contribution is 0.0480. The van der Waals surface area contributed by atoms with Gasteiger partial charge in [0, 0.05) is 34.9 Å². The number of carbonyl (C=O) groups excluding carboxylic acids is 2. The van der Waals surface area contributed by atoms with Crippen LogP contribution >= 0.6 is 12.4 Å². The first kappa shape index (κ1) is 29.6. The topological polar surface area (TPSA) is 74.9 Å². The monoisotopic (exact) mass is 517 g/mol. The second-order valence-corrected chi connectivity index (χ2v) is 8.68. The highest BCUT2D eigenvalue weighted by molar-refractivity contribution is 6.11. The highest BCUT2D eigenvalue weighted by Gasteiger charge is 2.14. The summed E-state index contributed by atoms with van der Waals surface area (Å²) in [4.78, 5) is 33.2. The number of carbonyl (C=O) groups is 2. The van der Waals surface area contributed by atoms with E-state index in [-0.39, 0.29) is 24.3 Å². The molecule has 0 saturated carbocycles. The average molecular weight is 518 g/mol. The lowest BCUT2D eigenvalue weighted by Crippen LogP contribution is -2.25. The zero-order valence-electron chi connectivity index (χ0n) is 22.0. The molecule has 36 heavy (non-hydrogen) atoms.